The van der Waals surface area contributed by atoms with Crippen LogP contribution in [0.2, 0.25) is 0 Å². The van der Waals surface area contributed by atoms with E-state index in [0.717, 1.165) is 25.3 Å². The minimum atomic E-state index is 0.165. The van der Waals surface area contributed by atoms with Gasteiger partial charge in [-0.3, -0.25) is 0 Å². The molecule has 5 heteroatoms. The highest BCUT2D eigenvalue weighted by Gasteiger charge is 2.21. The molecule has 0 saturated carbocycles. The quantitative estimate of drug-likeness (QED) is 0.786. The summed E-state index contributed by atoms with van der Waals surface area (Å²) in [4.78, 5) is 4.36. The van der Waals surface area contributed by atoms with Crippen molar-refractivity contribution >= 4 is 5.65 Å². The Bertz CT molecular complexity index is 503. The molecule has 0 amide bonds. The van der Waals surface area contributed by atoms with Gasteiger partial charge in [0.05, 0.1) is 6.61 Å². The largest absolute Gasteiger partial charge is 0.504 e. The highest BCUT2D eigenvalue weighted by atomic mass is 16.5. The van der Waals surface area contributed by atoms with E-state index < -0.39 is 0 Å². The number of aromatic nitrogens is 3. The Balaban J connectivity index is 2.01. The SMILES string of the molecule is Oc1cccn2nc(C3CCCOC3)nc12. The van der Waals surface area contributed by atoms with Gasteiger partial charge in [0, 0.05) is 18.7 Å². The second-order valence-corrected chi connectivity index (χ2v) is 4.05. The Kier molecular flexibility index (Phi) is 2.25. The van der Waals surface area contributed by atoms with Crippen molar-refractivity contribution in [2.75, 3.05) is 13.2 Å². The second kappa shape index (κ2) is 3.75. The fraction of sp³-hybridized carbons (Fsp3) is 0.455. The first kappa shape index (κ1) is 9.59. The van der Waals surface area contributed by atoms with Gasteiger partial charge in [0.1, 0.15) is 0 Å². The van der Waals surface area contributed by atoms with Crippen LogP contribution in [0.5, 0.6) is 5.75 Å². The van der Waals surface area contributed by atoms with E-state index in [0.29, 0.717) is 12.3 Å². The predicted molar refractivity (Wildman–Crippen MR) is 57.4 cm³/mol. The number of pyridine rings is 1. The molecular formula is C11H13N3O2. The third kappa shape index (κ3) is 1.53. The average molecular weight is 219 g/mol. The summed E-state index contributed by atoms with van der Waals surface area (Å²) >= 11 is 0. The summed E-state index contributed by atoms with van der Waals surface area (Å²) in [6.45, 7) is 1.51. The van der Waals surface area contributed by atoms with Crippen molar-refractivity contribution < 1.29 is 9.84 Å². The van der Waals surface area contributed by atoms with Crippen molar-refractivity contribution in [2.24, 2.45) is 0 Å². The lowest BCUT2D eigenvalue weighted by Gasteiger charge is -2.18. The zero-order chi connectivity index (χ0) is 11.0. The molecule has 3 rings (SSSR count). The van der Waals surface area contributed by atoms with Gasteiger partial charge in [-0.1, -0.05) is 0 Å². The van der Waals surface area contributed by atoms with Crippen molar-refractivity contribution in [2.45, 2.75) is 18.8 Å². The minimum Gasteiger partial charge on any atom is -0.504 e. The second-order valence-electron chi connectivity index (χ2n) is 4.05. The summed E-state index contributed by atoms with van der Waals surface area (Å²) in [6.07, 6.45) is 3.89. The maximum Gasteiger partial charge on any atom is 0.197 e. The van der Waals surface area contributed by atoms with Crippen LogP contribution >= 0.6 is 0 Å². The summed E-state index contributed by atoms with van der Waals surface area (Å²) < 4.78 is 7.02. The summed E-state index contributed by atoms with van der Waals surface area (Å²) in [5.74, 6) is 1.19. The van der Waals surface area contributed by atoms with Gasteiger partial charge in [-0.15, -0.1) is 0 Å². The summed E-state index contributed by atoms with van der Waals surface area (Å²) in [5, 5.41) is 14.0. The molecule has 5 nitrogen and oxygen atoms in total. The van der Waals surface area contributed by atoms with Gasteiger partial charge in [0.2, 0.25) is 0 Å². The Hall–Kier alpha value is -1.62. The molecular weight excluding hydrogens is 206 g/mol. The number of hydrogen-bond donors (Lipinski definition) is 1. The molecule has 1 N–H and O–H groups in total. The van der Waals surface area contributed by atoms with Crippen LogP contribution < -0.4 is 0 Å². The Morgan fingerprint density at radius 3 is 3.19 bits per heavy atom. The number of hydrogen-bond acceptors (Lipinski definition) is 4. The van der Waals surface area contributed by atoms with Crippen LogP contribution in [0.25, 0.3) is 5.65 Å². The highest BCUT2D eigenvalue weighted by Crippen LogP contribution is 2.24. The maximum atomic E-state index is 9.63. The molecule has 3 heterocycles. The Morgan fingerprint density at radius 2 is 2.44 bits per heavy atom. The van der Waals surface area contributed by atoms with Crippen molar-refractivity contribution in [3.05, 3.63) is 24.2 Å². The van der Waals surface area contributed by atoms with Crippen molar-refractivity contribution in [1.82, 2.24) is 14.6 Å². The zero-order valence-electron chi connectivity index (χ0n) is 8.83. The van der Waals surface area contributed by atoms with Gasteiger partial charge in [-0.05, 0) is 25.0 Å². The molecule has 2 aromatic heterocycles. The number of rotatable bonds is 1. The molecule has 84 valence electrons. The predicted octanol–water partition coefficient (Wildman–Crippen LogP) is 1.33. The van der Waals surface area contributed by atoms with Gasteiger partial charge >= 0.3 is 0 Å². The number of fused-ring (bicyclic) bond motifs is 1. The van der Waals surface area contributed by atoms with E-state index in [2.05, 4.69) is 10.1 Å². The van der Waals surface area contributed by atoms with Gasteiger partial charge in [-0.25, -0.2) is 9.50 Å². The van der Waals surface area contributed by atoms with E-state index in [9.17, 15) is 5.11 Å². The van der Waals surface area contributed by atoms with E-state index in [-0.39, 0.29) is 11.7 Å². The molecule has 1 atom stereocenters. The van der Waals surface area contributed by atoms with Crippen LogP contribution in [0.4, 0.5) is 0 Å². The number of aromatic hydroxyl groups is 1. The topological polar surface area (TPSA) is 59.7 Å². The zero-order valence-corrected chi connectivity index (χ0v) is 8.83. The molecule has 0 aromatic carbocycles. The first-order valence-electron chi connectivity index (χ1n) is 5.46. The Morgan fingerprint density at radius 1 is 1.50 bits per heavy atom. The van der Waals surface area contributed by atoms with Crippen LogP contribution in [-0.4, -0.2) is 32.9 Å². The molecule has 0 aliphatic carbocycles. The Labute approximate surface area is 92.7 Å². The lowest BCUT2D eigenvalue weighted by Crippen LogP contribution is -2.16. The third-order valence-electron chi connectivity index (χ3n) is 2.88. The standard InChI is InChI=1S/C11H13N3O2/c15-9-4-1-5-14-11(9)12-10(13-14)8-3-2-6-16-7-8/h1,4-5,8,15H,2-3,6-7H2. The van der Waals surface area contributed by atoms with Gasteiger partial charge in [-0.2, -0.15) is 5.10 Å². The fourth-order valence-corrected chi connectivity index (χ4v) is 2.03. The number of nitrogens with zero attached hydrogens (tertiary/aromatic N) is 3. The monoisotopic (exact) mass is 219 g/mol. The summed E-state index contributed by atoms with van der Waals surface area (Å²) in [5.41, 5.74) is 0.517. The van der Waals surface area contributed by atoms with E-state index in [1.165, 1.54) is 0 Å². The molecule has 1 saturated heterocycles. The minimum absolute atomic E-state index is 0.165. The van der Waals surface area contributed by atoms with E-state index in [4.69, 9.17) is 4.74 Å². The summed E-state index contributed by atoms with van der Waals surface area (Å²) in [7, 11) is 0. The first-order chi connectivity index (χ1) is 7.84. The molecule has 2 aromatic rings. The van der Waals surface area contributed by atoms with Gasteiger partial charge in [0.15, 0.2) is 17.2 Å². The van der Waals surface area contributed by atoms with Crippen LogP contribution in [0.15, 0.2) is 18.3 Å². The lowest BCUT2D eigenvalue weighted by atomic mass is 10.0. The lowest BCUT2D eigenvalue weighted by molar-refractivity contribution is 0.0781. The summed E-state index contributed by atoms with van der Waals surface area (Å²) in [6, 6.07) is 3.36. The van der Waals surface area contributed by atoms with Crippen molar-refractivity contribution in [1.29, 1.82) is 0 Å². The normalized spacial score (nSPS) is 21.4. The molecule has 0 spiro atoms. The molecule has 1 unspecified atom stereocenters. The van der Waals surface area contributed by atoms with Crippen LogP contribution in [0, 0.1) is 0 Å². The van der Waals surface area contributed by atoms with Gasteiger partial charge in [0.25, 0.3) is 0 Å². The fourth-order valence-electron chi connectivity index (χ4n) is 2.03. The number of ether oxygens (including phenoxy) is 1. The molecule has 1 aliphatic heterocycles. The van der Waals surface area contributed by atoms with Gasteiger partial charge < -0.3 is 9.84 Å². The molecule has 1 fully saturated rings. The molecule has 0 radical (unpaired) electrons. The molecule has 0 bridgehead atoms. The van der Waals surface area contributed by atoms with Crippen LogP contribution in [0.3, 0.4) is 0 Å². The smallest absolute Gasteiger partial charge is 0.197 e. The van der Waals surface area contributed by atoms with E-state index >= 15 is 0 Å². The molecule has 16 heavy (non-hydrogen) atoms. The average Bonchev–Trinajstić information content (AvgIpc) is 2.76. The maximum absolute atomic E-state index is 9.63. The third-order valence-corrected chi connectivity index (χ3v) is 2.88. The van der Waals surface area contributed by atoms with E-state index in [1.54, 1.807) is 22.8 Å². The highest BCUT2D eigenvalue weighted by molar-refractivity contribution is 5.51. The van der Waals surface area contributed by atoms with Crippen molar-refractivity contribution in [3.8, 4) is 5.75 Å². The van der Waals surface area contributed by atoms with E-state index in [1.807, 2.05) is 0 Å². The van der Waals surface area contributed by atoms with Crippen LogP contribution in [-0.2, 0) is 4.74 Å². The first-order valence-corrected chi connectivity index (χ1v) is 5.46. The van der Waals surface area contributed by atoms with Crippen molar-refractivity contribution in [3.63, 3.8) is 0 Å². The molecule has 1 aliphatic rings. The van der Waals surface area contributed by atoms with Crippen LogP contribution in [0.1, 0.15) is 24.6 Å².